The Kier molecular flexibility index (Phi) is 9.75. The molecule has 2 N–H and O–H groups in total. The second-order valence-electron chi connectivity index (χ2n) is 7.25. The van der Waals surface area contributed by atoms with E-state index in [1.807, 2.05) is 6.92 Å². The first-order chi connectivity index (χ1) is 11.6. The van der Waals surface area contributed by atoms with Crippen LogP contribution in [0, 0.1) is 5.41 Å². The Bertz CT molecular complexity index is 422. The van der Waals surface area contributed by atoms with Crippen molar-refractivity contribution in [3.8, 4) is 0 Å². The van der Waals surface area contributed by atoms with Crippen LogP contribution in [0.15, 0.2) is 0 Å². The van der Waals surface area contributed by atoms with Gasteiger partial charge in [0.1, 0.15) is 6.04 Å². The van der Waals surface area contributed by atoms with E-state index in [0.717, 1.165) is 51.6 Å². The molecule has 146 valence electrons. The highest BCUT2D eigenvalue weighted by atomic mass is 35.5. The molecule has 25 heavy (non-hydrogen) atoms. The van der Waals surface area contributed by atoms with Crippen molar-refractivity contribution >= 4 is 24.2 Å². The van der Waals surface area contributed by atoms with Crippen LogP contribution in [0.4, 0.5) is 0 Å². The molecule has 7 heteroatoms. The topological polar surface area (TPSA) is 70.7 Å². The van der Waals surface area contributed by atoms with Crippen LogP contribution in [0.5, 0.6) is 0 Å². The lowest BCUT2D eigenvalue weighted by atomic mass is 9.79. The van der Waals surface area contributed by atoms with Gasteiger partial charge >= 0.3 is 0 Å². The number of carbonyl (C=O) groups excluding carboxylic acids is 2. The SMILES string of the molecule is CCCC(=O)N1CCCCC1C(=O)NCC1(COC)CCNCC1.Cl. The number of methoxy groups -OCH3 is 1. The fourth-order valence-electron chi connectivity index (χ4n) is 3.89. The fraction of sp³-hybridized carbons (Fsp3) is 0.889. The predicted octanol–water partition coefficient (Wildman–Crippen LogP) is 1.72. The highest BCUT2D eigenvalue weighted by Gasteiger charge is 2.35. The van der Waals surface area contributed by atoms with E-state index in [9.17, 15) is 9.59 Å². The lowest BCUT2D eigenvalue weighted by Gasteiger charge is -2.39. The third kappa shape index (κ3) is 6.12. The maximum Gasteiger partial charge on any atom is 0.242 e. The van der Waals surface area contributed by atoms with Gasteiger partial charge in [-0.05, 0) is 51.6 Å². The van der Waals surface area contributed by atoms with Gasteiger partial charge in [-0.3, -0.25) is 9.59 Å². The van der Waals surface area contributed by atoms with Gasteiger partial charge in [-0.15, -0.1) is 12.4 Å². The molecule has 2 heterocycles. The van der Waals surface area contributed by atoms with Gasteiger partial charge in [-0.25, -0.2) is 0 Å². The molecule has 6 nitrogen and oxygen atoms in total. The zero-order valence-electron chi connectivity index (χ0n) is 15.6. The van der Waals surface area contributed by atoms with Crippen molar-refractivity contribution in [3.05, 3.63) is 0 Å². The van der Waals surface area contributed by atoms with Gasteiger partial charge in [0, 0.05) is 32.0 Å². The first-order valence-electron chi connectivity index (χ1n) is 9.39. The highest BCUT2D eigenvalue weighted by Crippen LogP contribution is 2.28. The molecule has 0 radical (unpaired) electrons. The molecule has 1 unspecified atom stereocenters. The molecule has 2 saturated heterocycles. The van der Waals surface area contributed by atoms with Gasteiger partial charge in [-0.1, -0.05) is 6.92 Å². The lowest BCUT2D eigenvalue weighted by molar-refractivity contribution is -0.142. The molecular formula is C18H34ClN3O3. The minimum absolute atomic E-state index is 0. The summed E-state index contributed by atoms with van der Waals surface area (Å²) < 4.78 is 5.41. The fourth-order valence-corrected chi connectivity index (χ4v) is 3.89. The van der Waals surface area contributed by atoms with Crippen LogP contribution >= 0.6 is 12.4 Å². The summed E-state index contributed by atoms with van der Waals surface area (Å²) in [5.74, 6) is 0.124. The third-order valence-electron chi connectivity index (χ3n) is 5.34. The van der Waals surface area contributed by atoms with Crippen LogP contribution in [0.1, 0.15) is 51.9 Å². The molecule has 1 atom stereocenters. The van der Waals surface area contributed by atoms with Crippen LogP contribution in [0.25, 0.3) is 0 Å². The van der Waals surface area contributed by atoms with Crippen LogP contribution in [-0.4, -0.2) is 62.7 Å². The van der Waals surface area contributed by atoms with E-state index in [0.29, 0.717) is 26.1 Å². The van der Waals surface area contributed by atoms with Gasteiger partial charge in [0.25, 0.3) is 0 Å². The molecule has 0 aromatic carbocycles. The van der Waals surface area contributed by atoms with E-state index < -0.39 is 0 Å². The zero-order valence-corrected chi connectivity index (χ0v) is 16.5. The molecule has 0 aromatic heterocycles. The monoisotopic (exact) mass is 375 g/mol. The van der Waals surface area contributed by atoms with Crippen molar-refractivity contribution in [1.82, 2.24) is 15.5 Å². The molecule has 2 amide bonds. The number of amides is 2. The Morgan fingerprint density at radius 2 is 2.00 bits per heavy atom. The number of nitrogens with one attached hydrogen (secondary N) is 2. The molecule has 2 aliphatic rings. The number of hydrogen-bond donors (Lipinski definition) is 2. The second-order valence-corrected chi connectivity index (χ2v) is 7.25. The number of halogens is 1. The van der Waals surface area contributed by atoms with E-state index in [1.165, 1.54) is 0 Å². The van der Waals surface area contributed by atoms with Crippen LogP contribution in [0.2, 0.25) is 0 Å². The van der Waals surface area contributed by atoms with E-state index in [1.54, 1.807) is 12.0 Å². The Morgan fingerprint density at radius 3 is 2.64 bits per heavy atom. The van der Waals surface area contributed by atoms with Gasteiger partial charge < -0.3 is 20.3 Å². The Balaban J connectivity index is 0.00000312. The minimum Gasteiger partial charge on any atom is -0.384 e. The van der Waals surface area contributed by atoms with Gasteiger partial charge in [-0.2, -0.15) is 0 Å². The highest BCUT2D eigenvalue weighted by molar-refractivity contribution is 5.87. The van der Waals surface area contributed by atoms with Crippen molar-refractivity contribution in [3.63, 3.8) is 0 Å². The Labute approximate surface area is 157 Å². The number of likely N-dealkylation sites (tertiary alicyclic amines) is 1. The van der Waals surface area contributed by atoms with Gasteiger partial charge in [0.05, 0.1) is 6.61 Å². The van der Waals surface area contributed by atoms with E-state index in [2.05, 4.69) is 10.6 Å². The van der Waals surface area contributed by atoms with Gasteiger partial charge in [0.15, 0.2) is 0 Å². The molecule has 2 rings (SSSR count). The number of piperidine rings is 2. The molecule has 0 aliphatic carbocycles. The summed E-state index contributed by atoms with van der Waals surface area (Å²) >= 11 is 0. The summed E-state index contributed by atoms with van der Waals surface area (Å²) in [5, 5.41) is 6.50. The lowest BCUT2D eigenvalue weighted by Crippen LogP contribution is -2.54. The van der Waals surface area contributed by atoms with E-state index in [-0.39, 0.29) is 35.7 Å². The first-order valence-corrected chi connectivity index (χ1v) is 9.39. The molecule has 0 spiro atoms. The van der Waals surface area contributed by atoms with Crippen LogP contribution < -0.4 is 10.6 Å². The standard InChI is InChI=1S/C18H33N3O3.ClH/c1-3-6-16(22)21-12-5-4-7-15(21)17(23)20-13-18(14-24-2)8-10-19-11-9-18;/h15,19H,3-14H2,1-2H3,(H,20,23);1H. The quantitative estimate of drug-likeness (QED) is 0.710. The maximum atomic E-state index is 12.7. The van der Waals surface area contributed by atoms with Crippen molar-refractivity contribution in [2.75, 3.05) is 39.9 Å². The number of ether oxygens (including phenoxy) is 1. The van der Waals surface area contributed by atoms with Crippen molar-refractivity contribution < 1.29 is 14.3 Å². The average molecular weight is 376 g/mol. The van der Waals surface area contributed by atoms with Crippen molar-refractivity contribution in [1.29, 1.82) is 0 Å². The Hall–Kier alpha value is -0.850. The number of rotatable bonds is 7. The largest absolute Gasteiger partial charge is 0.384 e. The summed E-state index contributed by atoms with van der Waals surface area (Å²) in [6.45, 7) is 5.94. The summed E-state index contributed by atoms with van der Waals surface area (Å²) in [7, 11) is 1.72. The van der Waals surface area contributed by atoms with Gasteiger partial charge in [0.2, 0.25) is 11.8 Å². The van der Waals surface area contributed by atoms with Crippen molar-refractivity contribution in [2.45, 2.75) is 57.9 Å². The van der Waals surface area contributed by atoms with E-state index in [4.69, 9.17) is 4.74 Å². The predicted molar refractivity (Wildman–Crippen MR) is 101 cm³/mol. The molecule has 2 aliphatic heterocycles. The zero-order chi connectivity index (χ0) is 17.4. The van der Waals surface area contributed by atoms with Crippen LogP contribution in [-0.2, 0) is 14.3 Å². The summed E-state index contributed by atoms with van der Waals surface area (Å²) in [4.78, 5) is 26.8. The smallest absolute Gasteiger partial charge is 0.242 e. The molecule has 2 fully saturated rings. The normalized spacial score (nSPS) is 22.8. The molecule has 0 bridgehead atoms. The maximum absolute atomic E-state index is 12.7. The summed E-state index contributed by atoms with van der Waals surface area (Å²) in [6, 6.07) is -0.292. The number of nitrogens with zero attached hydrogens (tertiary/aromatic N) is 1. The van der Waals surface area contributed by atoms with Crippen molar-refractivity contribution in [2.24, 2.45) is 5.41 Å². The first kappa shape index (κ1) is 22.2. The molecule has 0 saturated carbocycles. The number of hydrogen-bond acceptors (Lipinski definition) is 4. The minimum atomic E-state index is -0.292. The molecule has 0 aromatic rings. The second kappa shape index (κ2) is 11.0. The summed E-state index contributed by atoms with van der Waals surface area (Å²) in [5.41, 5.74) is 0.0165. The summed E-state index contributed by atoms with van der Waals surface area (Å²) in [6.07, 6.45) is 6.16. The number of carbonyl (C=O) groups is 2. The Morgan fingerprint density at radius 1 is 1.28 bits per heavy atom. The average Bonchev–Trinajstić information content (AvgIpc) is 2.61. The molecular weight excluding hydrogens is 342 g/mol. The van der Waals surface area contributed by atoms with E-state index >= 15 is 0 Å². The third-order valence-corrected chi connectivity index (χ3v) is 5.34. The van der Waals surface area contributed by atoms with Crippen LogP contribution in [0.3, 0.4) is 0 Å².